The molecule has 0 atom stereocenters. The molecule has 118 valence electrons. The molecule has 0 N–H and O–H groups in total. The van der Waals surface area contributed by atoms with Gasteiger partial charge < -0.3 is 9.32 Å². The monoisotopic (exact) mass is 308 g/mol. The van der Waals surface area contributed by atoms with Crippen LogP contribution in [0.25, 0.3) is 22.4 Å². The summed E-state index contributed by atoms with van der Waals surface area (Å²) in [5, 5.41) is 0.872. The van der Waals surface area contributed by atoms with Crippen molar-refractivity contribution >= 4 is 16.8 Å². The minimum Gasteiger partial charge on any atom is -0.460 e. The Balaban J connectivity index is 2.20. The molecule has 0 saturated heterocycles. The van der Waals surface area contributed by atoms with Crippen LogP contribution in [0, 0.1) is 6.92 Å². The highest BCUT2D eigenvalue weighted by molar-refractivity contribution is 6.07. The second-order valence-corrected chi connectivity index (χ2v) is 5.46. The average Bonchev–Trinajstić information content (AvgIpc) is 3.01. The number of rotatable bonds is 4. The number of carbonyl (C=O) groups excluding carboxylic acids is 1. The summed E-state index contributed by atoms with van der Waals surface area (Å²) in [4.78, 5) is 19.3. The van der Waals surface area contributed by atoms with Crippen molar-refractivity contribution < 1.29 is 9.21 Å². The maximum atomic E-state index is 12.9. The molecule has 0 spiro atoms. The molecule has 0 unspecified atom stereocenters. The van der Waals surface area contributed by atoms with E-state index in [1.807, 2.05) is 68.1 Å². The quantitative estimate of drug-likeness (QED) is 0.722. The van der Waals surface area contributed by atoms with Crippen LogP contribution in [0.4, 0.5) is 0 Å². The van der Waals surface area contributed by atoms with E-state index >= 15 is 0 Å². The summed E-state index contributed by atoms with van der Waals surface area (Å²) < 4.78 is 5.68. The van der Waals surface area contributed by atoms with Gasteiger partial charge in [0, 0.05) is 18.5 Å². The molecule has 0 aliphatic rings. The van der Waals surface area contributed by atoms with Crippen molar-refractivity contribution in [3.8, 4) is 11.5 Å². The zero-order valence-electron chi connectivity index (χ0n) is 13.7. The predicted octanol–water partition coefficient (Wildman–Crippen LogP) is 4.29. The van der Waals surface area contributed by atoms with Gasteiger partial charge >= 0.3 is 0 Å². The largest absolute Gasteiger partial charge is 0.460 e. The molecule has 4 nitrogen and oxygen atoms in total. The summed E-state index contributed by atoms with van der Waals surface area (Å²) >= 11 is 0. The van der Waals surface area contributed by atoms with Crippen molar-refractivity contribution in [2.24, 2.45) is 0 Å². The molecular weight excluding hydrogens is 288 g/mol. The molecule has 2 aromatic heterocycles. The maximum absolute atomic E-state index is 12.9. The van der Waals surface area contributed by atoms with Gasteiger partial charge in [-0.15, -0.1) is 0 Å². The summed E-state index contributed by atoms with van der Waals surface area (Å²) in [6, 6.07) is 13.3. The first-order chi connectivity index (χ1) is 11.1. The van der Waals surface area contributed by atoms with Crippen molar-refractivity contribution in [1.29, 1.82) is 0 Å². The number of pyridine rings is 1. The van der Waals surface area contributed by atoms with Crippen LogP contribution in [0.2, 0.25) is 0 Å². The number of amides is 1. The molecule has 1 amide bonds. The third kappa shape index (κ3) is 2.84. The molecule has 3 rings (SSSR count). The van der Waals surface area contributed by atoms with Crippen molar-refractivity contribution in [3.63, 3.8) is 0 Å². The van der Waals surface area contributed by atoms with Gasteiger partial charge in [-0.2, -0.15) is 0 Å². The first-order valence-electron chi connectivity index (χ1n) is 7.90. The van der Waals surface area contributed by atoms with Gasteiger partial charge in [0.1, 0.15) is 11.5 Å². The van der Waals surface area contributed by atoms with E-state index in [9.17, 15) is 4.79 Å². The Hall–Kier alpha value is -2.62. The molecule has 0 radical (unpaired) electrons. The smallest absolute Gasteiger partial charge is 0.254 e. The highest BCUT2D eigenvalue weighted by atomic mass is 16.3. The number of aromatic nitrogens is 1. The summed E-state index contributed by atoms with van der Waals surface area (Å²) in [6.45, 7) is 7.23. The topological polar surface area (TPSA) is 46.3 Å². The van der Waals surface area contributed by atoms with Gasteiger partial charge in [-0.25, -0.2) is 4.98 Å². The van der Waals surface area contributed by atoms with E-state index in [1.165, 1.54) is 0 Å². The van der Waals surface area contributed by atoms with Gasteiger partial charge in [0.25, 0.3) is 5.91 Å². The number of carbonyl (C=O) groups is 1. The molecular formula is C19H20N2O2. The molecule has 0 bridgehead atoms. The molecule has 0 aliphatic heterocycles. The van der Waals surface area contributed by atoms with Gasteiger partial charge in [0.2, 0.25) is 0 Å². The zero-order valence-corrected chi connectivity index (χ0v) is 13.7. The van der Waals surface area contributed by atoms with Crippen molar-refractivity contribution in [2.75, 3.05) is 13.1 Å². The zero-order chi connectivity index (χ0) is 16.4. The lowest BCUT2D eigenvalue weighted by Gasteiger charge is -2.20. The Bertz CT molecular complexity index is 847. The second kappa shape index (κ2) is 6.24. The fourth-order valence-corrected chi connectivity index (χ4v) is 2.73. The van der Waals surface area contributed by atoms with Crippen LogP contribution in [0.5, 0.6) is 0 Å². The second-order valence-electron chi connectivity index (χ2n) is 5.46. The van der Waals surface area contributed by atoms with Crippen LogP contribution in [0.3, 0.4) is 0 Å². The molecule has 1 aromatic carbocycles. The summed E-state index contributed by atoms with van der Waals surface area (Å²) in [6.07, 6.45) is 0. The highest BCUT2D eigenvalue weighted by Gasteiger charge is 2.18. The van der Waals surface area contributed by atoms with Gasteiger partial charge in [0.15, 0.2) is 5.76 Å². The van der Waals surface area contributed by atoms with E-state index in [4.69, 9.17) is 4.42 Å². The minimum atomic E-state index is 0.0260. The third-order valence-electron chi connectivity index (χ3n) is 3.99. The van der Waals surface area contributed by atoms with Gasteiger partial charge in [-0.3, -0.25) is 4.79 Å². The average molecular weight is 308 g/mol. The Morgan fingerprint density at radius 3 is 2.52 bits per heavy atom. The number of hydrogen-bond donors (Lipinski definition) is 0. The molecule has 23 heavy (non-hydrogen) atoms. The number of furan rings is 1. The molecule has 3 aromatic rings. The van der Waals surface area contributed by atoms with Gasteiger partial charge in [0.05, 0.1) is 11.1 Å². The highest BCUT2D eigenvalue weighted by Crippen LogP contribution is 2.27. The van der Waals surface area contributed by atoms with Crippen LogP contribution in [-0.4, -0.2) is 28.9 Å². The summed E-state index contributed by atoms with van der Waals surface area (Å²) in [5.74, 6) is 1.53. The number of aryl methyl sites for hydroxylation is 1. The van der Waals surface area contributed by atoms with Crippen LogP contribution >= 0.6 is 0 Å². The lowest BCUT2D eigenvalue weighted by atomic mass is 10.1. The van der Waals surface area contributed by atoms with E-state index in [2.05, 4.69) is 4.98 Å². The molecule has 0 fully saturated rings. The van der Waals surface area contributed by atoms with Crippen LogP contribution in [0.15, 0.2) is 46.9 Å². The van der Waals surface area contributed by atoms with E-state index < -0.39 is 0 Å². The van der Waals surface area contributed by atoms with Gasteiger partial charge in [-0.05, 0) is 45.0 Å². The van der Waals surface area contributed by atoms with Crippen molar-refractivity contribution in [1.82, 2.24) is 9.88 Å². The number of para-hydroxylation sites is 1. The SMILES string of the molecule is CCN(CC)C(=O)c1cc(-c2ccc(C)o2)nc2ccccc12. The fourth-order valence-electron chi connectivity index (χ4n) is 2.73. The fraction of sp³-hybridized carbons (Fsp3) is 0.263. The minimum absolute atomic E-state index is 0.0260. The molecule has 2 heterocycles. The van der Waals surface area contributed by atoms with E-state index in [1.54, 1.807) is 0 Å². The van der Waals surface area contributed by atoms with E-state index in [0.717, 1.165) is 16.7 Å². The van der Waals surface area contributed by atoms with E-state index in [0.29, 0.717) is 30.1 Å². The normalized spacial score (nSPS) is 10.9. The summed E-state index contributed by atoms with van der Waals surface area (Å²) in [7, 11) is 0. The van der Waals surface area contributed by atoms with Crippen molar-refractivity contribution in [2.45, 2.75) is 20.8 Å². The summed E-state index contributed by atoms with van der Waals surface area (Å²) in [5.41, 5.74) is 2.16. The molecule has 0 saturated carbocycles. The predicted molar refractivity (Wildman–Crippen MR) is 91.4 cm³/mol. The lowest BCUT2D eigenvalue weighted by molar-refractivity contribution is 0.0775. The van der Waals surface area contributed by atoms with Crippen LogP contribution in [0.1, 0.15) is 30.0 Å². The van der Waals surface area contributed by atoms with Crippen molar-refractivity contribution in [3.05, 3.63) is 53.8 Å². The Morgan fingerprint density at radius 1 is 1.13 bits per heavy atom. The Labute approximate surface area is 135 Å². The molecule has 0 aliphatic carbocycles. The van der Waals surface area contributed by atoms with Crippen LogP contribution < -0.4 is 0 Å². The maximum Gasteiger partial charge on any atom is 0.254 e. The number of nitrogens with zero attached hydrogens (tertiary/aromatic N) is 2. The number of benzene rings is 1. The first kappa shape index (κ1) is 15.3. The Morgan fingerprint density at radius 2 is 1.87 bits per heavy atom. The Kier molecular flexibility index (Phi) is 4.15. The van der Waals surface area contributed by atoms with Gasteiger partial charge in [-0.1, -0.05) is 18.2 Å². The lowest BCUT2D eigenvalue weighted by Crippen LogP contribution is -2.30. The number of fused-ring (bicyclic) bond motifs is 1. The van der Waals surface area contributed by atoms with E-state index in [-0.39, 0.29) is 5.91 Å². The number of hydrogen-bond acceptors (Lipinski definition) is 3. The van der Waals surface area contributed by atoms with Crippen LogP contribution in [-0.2, 0) is 0 Å². The first-order valence-corrected chi connectivity index (χ1v) is 7.90. The molecule has 4 heteroatoms. The standard InChI is InChI=1S/C19H20N2O2/c1-4-21(5-2)19(22)15-12-17(18-11-10-13(3)23-18)20-16-9-7-6-8-14(15)16/h6-12H,4-5H2,1-3H3. The third-order valence-corrected chi connectivity index (χ3v) is 3.99.